The van der Waals surface area contributed by atoms with Crippen molar-refractivity contribution in [2.45, 2.75) is 13.8 Å². The maximum absolute atomic E-state index is 12.0. The van der Waals surface area contributed by atoms with Gasteiger partial charge in [-0.15, -0.1) is 0 Å². The monoisotopic (exact) mass is 213 g/mol. The summed E-state index contributed by atoms with van der Waals surface area (Å²) in [5.41, 5.74) is 0. The highest BCUT2D eigenvalue weighted by atomic mass is 16.2. The molecule has 0 aromatic rings. The Bertz CT molecular complexity index is 200. The van der Waals surface area contributed by atoms with Crippen molar-refractivity contribution < 1.29 is 4.79 Å². The summed E-state index contributed by atoms with van der Waals surface area (Å²) in [5.74, 6) is 0.392. The summed E-state index contributed by atoms with van der Waals surface area (Å²) in [4.78, 5) is 16.3. The number of hydrogen-bond donors (Lipinski definition) is 1. The Labute approximate surface area is 92.6 Å². The number of hydrogen-bond acceptors (Lipinski definition) is 3. The second kappa shape index (κ2) is 6.08. The predicted molar refractivity (Wildman–Crippen MR) is 61.8 cm³/mol. The second-order valence-electron chi connectivity index (χ2n) is 4.22. The fourth-order valence-corrected chi connectivity index (χ4v) is 1.99. The summed E-state index contributed by atoms with van der Waals surface area (Å²) in [6.07, 6.45) is 0. The SMILES string of the molecule is CCN1CCN(C(=O)C(C)CNC)CC1. The Morgan fingerprint density at radius 1 is 1.33 bits per heavy atom. The van der Waals surface area contributed by atoms with Crippen LogP contribution in [-0.2, 0) is 4.79 Å². The lowest BCUT2D eigenvalue weighted by Gasteiger charge is -2.35. The number of carbonyl (C=O) groups excluding carboxylic acids is 1. The second-order valence-corrected chi connectivity index (χ2v) is 4.22. The molecule has 1 heterocycles. The zero-order valence-corrected chi connectivity index (χ0v) is 10.1. The van der Waals surface area contributed by atoms with E-state index < -0.39 is 0 Å². The predicted octanol–water partition coefficient (Wildman–Crippen LogP) is 0.00600. The molecule has 1 atom stereocenters. The Kier molecular flexibility index (Phi) is 5.05. The van der Waals surface area contributed by atoms with Gasteiger partial charge in [-0.25, -0.2) is 0 Å². The molecule has 1 fully saturated rings. The van der Waals surface area contributed by atoms with Crippen molar-refractivity contribution in [2.75, 3.05) is 46.3 Å². The van der Waals surface area contributed by atoms with Gasteiger partial charge in [0.25, 0.3) is 0 Å². The standard InChI is InChI=1S/C11H23N3O/c1-4-13-5-7-14(8-6-13)11(15)10(2)9-12-3/h10,12H,4-9H2,1-3H3. The van der Waals surface area contributed by atoms with Crippen molar-refractivity contribution in [3.8, 4) is 0 Å². The summed E-state index contributed by atoms with van der Waals surface area (Å²) in [5, 5.41) is 3.05. The molecule has 1 amide bonds. The van der Waals surface area contributed by atoms with Crippen molar-refractivity contribution in [2.24, 2.45) is 5.92 Å². The van der Waals surface area contributed by atoms with Gasteiger partial charge in [0, 0.05) is 38.6 Å². The van der Waals surface area contributed by atoms with Crippen molar-refractivity contribution in [1.29, 1.82) is 0 Å². The van der Waals surface area contributed by atoms with Crippen LogP contribution in [0.4, 0.5) is 0 Å². The molecule has 88 valence electrons. The van der Waals surface area contributed by atoms with Crippen LogP contribution >= 0.6 is 0 Å². The molecule has 0 aromatic carbocycles. The molecule has 1 unspecified atom stereocenters. The van der Waals surface area contributed by atoms with Gasteiger partial charge in [-0.3, -0.25) is 4.79 Å². The highest BCUT2D eigenvalue weighted by Crippen LogP contribution is 2.06. The molecule has 15 heavy (non-hydrogen) atoms. The molecule has 0 aromatic heterocycles. The van der Waals surface area contributed by atoms with E-state index in [2.05, 4.69) is 17.1 Å². The molecule has 1 N–H and O–H groups in total. The first-order valence-electron chi connectivity index (χ1n) is 5.84. The number of amides is 1. The van der Waals surface area contributed by atoms with Crippen molar-refractivity contribution in [3.63, 3.8) is 0 Å². The van der Waals surface area contributed by atoms with E-state index in [1.807, 2.05) is 18.9 Å². The van der Waals surface area contributed by atoms with Gasteiger partial charge in [-0.2, -0.15) is 0 Å². The summed E-state index contributed by atoms with van der Waals surface area (Å²) in [6.45, 7) is 9.84. The molecular formula is C11H23N3O. The van der Waals surface area contributed by atoms with Gasteiger partial charge in [0.1, 0.15) is 0 Å². The minimum Gasteiger partial charge on any atom is -0.340 e. The van der Waals surface area contributed by atoms with E-state index in [1.54, 1.807) is 0 Å². The Balaban J connectivity index is 2.35. The van der Waals surface area contributed by atoms with Gasteiger partial charge < -0.3 is 15.1 Å². The van der Waals surface area contributed by atoms with E-state index >= 15 is 0 Å². The van der Waals surface area contributed by atoms with Crippen molar-refractivity contribution >= 4 is 5.91 Å². The summed E-state index contributed by atoms with van der Waals surface area (Å²) in [7, 11) is 1.89. The zero-order valence-electron chi connectivity index (χ0n) is 10.1. The lowest BCUT2D eigenvalue weighted by molar-refractivity contribution is -0.136. The van der Waals surface area contributed by atoms with Crippen LogP contribution in [0, 0.1) is 5.92 Å². The number of nitrogens with one attached hydrogen (secondary N) is 1. The van der Waals surface area contributed by atoms with E-state index in [1.165, 1.54) is 0 Å². The van der Waals surface area contributed by atoms with Gasteiger partial charge in [0.05, 0.1) is 0 Å². The highest BCUT2D eigenvalue weighted by molar-refractivity contribution is 5.78. The van der Waals surface area contributed by atoms with Gasteiger partial charge in [-0.05, 0) is 13.6 Å². The minimum absolute atomic E-state index is 0.100. The van der Waals surface area contributed by atoms with E-state index in [4.69, 9.17) is 0 Å². The quantitative estimate of drug-likeness (QED) is 0.714. The Morgan fingerprint density at radius 2 is 1.93 bits per heavy atom. The maximum Gasteiger partial charge on any atom is 0.226 e. The number of piperazine rings is 1. The molecular weight excluding hydrogens is 190 g/mol. The van der Waals surface area contributed by atoms with Gasteiger partial charge in [0.15, 0.2) is 0 Å². The first kappa shape index (κ1) is 12.5. The third-order valence-corrected chi connectivity index (χ3v) is 3.06. The third-order valence-electron chi connectivity index (χ3n) is 3.06. The van der Waals surface area contributed by atoms with Gasteiger partial charge in [-0.1, -0.05) is 13.8 Å². The van der Waals surface area contributed by atoms with E-state index in [9.17, 15) is 4.79 Å². The summed E-state index contributed by atoms with van der Waals surface area (Å²) < 4.78 is 0. The molecule has 1 rings (SSSR count). The van der Waals surface area contributed by atoms with Crippen LogP contribution < -0.4 is 5.32 Å². The molecule has 4 nitrogen and oxygen atoms in total. The minimum atomic E-state index is 0.100. The zero-order chi connectivity index (χ0) is 11.3. The molecule has 1 aliphatic heterocycles. The lowest BCUT2D eigenvalue weighted by atomic mass is 10.1. The molecule has 1 saturated heterocycles. The largest absolute Gasteiger partial charge is 0.340 e. The Morgan fingerprint density at radius 3 is 2.40 bits per heavy atom. The third kappa shape index (κ3) is 3.47. The summed E-state index contributed by atoms with van der Waals surface area (Å²) in [6, 6.07) is 0. The lowest BCUT2D eigenvalue weighted by Crippen LogP contribution is -2.50. The Hall–Kier alpha value is -0.610. The van der Waals surface area contributed by atoms with E-state index in [-0.39, 0.29) is 5.92 Å². The molecule has 0 radical (unpaired) electrons. The number of carbonyl (C=O) groups is 1. The van der Waals surface area contributed by atoms with Crippen molar-refractivity contribution in [3.05, 3.63) is 0 Å². The molecule has 0 spiro atoms. The first-order valence-corrected chi connectivity index (χ1v) is 5.84. The number of likely N-dealkylation sites (N-methyl/N-ethyl adjacent to an activating group) is 1. The van der Waals surface area contributed by atoms with Gasteiger partial charge in [0.2, 0.25) is 5.91 Å². The topological polar surface area (TPSA) is 35.6 Å². The van der Waals surface area contributed by atoms with Crippen LogP contribution in [0.1, 0.15) is 13.8 Å². The average Bonchev–Trinajstić information content (AvgIpc) is 2.28. The van der Waals surface area contributed by atoms with Crippen LogP contribution in [0.2, 0.25) is 0 Å². The number of rotatable bonds is 4. The van der Waals surface area contributed by atoms with Crippen molar-refractivity contribution in [1.82, 2.24) is 15.1 Å². The maximum atomic E-state index is 12.0. The van der Waals surface area contributed by atoms with Crippen LogP contribution in [0.15, 0.2) is 0 Å². The van der Waals surface area contributed by atoms with E-state index in [0.29, 0.717) is 5.91 Å². The van der Waals surface area contributed by atoms with Crippen LogP contribution in [-0.4, -0.2) is 62.0 Å². The molecule has 4 heteroatoms. The van der Waals surface area contributed by atoms with Crippen LogP contribution in [0.5, 0.6) is 0 Å². The summed E-state index contributed by atoms with van der Waals surface area (Å²) >= 11 is 0. The van der Waals surface area contributed by atoms with Crippen LogP contribution in [0.3, 0.4) is 0 Å². The number of nitrogens with zero attached hydrogens (tertiary/aromatic N) is 2. The molecule has 1 aliphatic rings. The van der Waals surface area contributed by atoms with Crippen LogP contribution in [0.25, 0.3) is 0 Å². The first-order chi connectivity index (χ1) is 7.19. The van der Waals surface area contributed by atoms with E-state index in [0.717, 1.165) is 39.3 Å². The molecule has 0 aliphatic carbocycles. The fourth-order valence-electron chi connectivity index (χ4n) is 1.99. The normalized spacial score (nSPS) is 20.3. The van der Waals surface area contributed by atoms with Gasteiger partial charge >= 0.3 is 0 Å². The fraction of sp³-hybridized carbons (Fsp3) is 0.909. The molecule has 0 bridgehead atoms. The average molecular weight is 213 g/mol. The molecule has 0 saturated carbocycles. The highest BCUT2D eigenvalue weighted by Gasteiger charge is 2.23. The smallest absolute Gasteiger partial charge is 0.226 e.